The molecule has 3 heteroatoms. The van der Waals surface area contributed by atoms with Crippen molar-refractivity contribution in [1.29, 1.82) is 0 Å². The maximum Gasteiger partial charge on any atom is 0.198 e. The Hall–Kier alpha value is -0.646. The summed E-state index contributed by atoms with van der Waals surface area (Å²) >= 11 is 0. The summed E-state index contributed by atoms with van der Waals surface area (Å²) in [7, 11) is -2.19. The fourth-order valence-corrected chi connectivity index (χ4v) is 7.25. The Morgan fingerprint density at radius 3 is 2.41 bits per heavy atom. The summed E-state index contributed by atoms with van der Waals surface area (Å²) < 4.78 is 6.08. The van der Waals surface area contributed by atoms with Gasteiger partial charge in [0.2, 0.25) is 0 Å². The Morgan fingerprint density at radius 2 is 1.88 bits per heavy atom. The topological polar surface area (TPSA) is 9.23 Å². The molecule has 17 heavy (non-hydrogen) atoms. The van der Waals surface area contributed by atoms with Crippen LogP contribution in [0, 0.1) is 0 Å². The van der Waals surface area contributed by atoms with Crippen LogP contribution in [-0.2, 0) is 17.0 Å². The minimum atomic E-state index is -1.60. The first-order valence-corrected chi connectivity index (χ1v) is 11.7. The molecule has 2 rings (SSSR count). The molecule has 91 valence electrons. The number of rotatable bonds is 4. The van der Waals surface area contributed by atoms with Crippen LogP contribution < -0.4 is 0 Å². The lowest BCUT2D eigenvalue weighted by molar-refractivity contribution is 0.589. The molecule has 0 heterocycles. The number of hydrogen-bond donors (Lipinski definition) is 0. The predicted molar refractivity (Wildman–Crippen MR) is 78.9 cm³/mol. The fraction of sp³-hybridized carbons (Fsp3) is 0.429. The van der Waals surface area contributed by atoms with Crippen LogP contribution in [0.3, 0.4) is 0 Å². The van der Waals surface area contributed by atoms with E-state index in [1.54, 1.807) is 0 Å². The first-order chi connectivity index (χ1) is 7.96. The van der Waals surface area contributed by atoms with Gasteiger partial charge in [-0.2, -0.15) is 0 Å². The normalized spacial score (nSPS) is 15.1. The van der Waals surface area contributed by atoms with E-state index in [9.17, 15) is 0 Å². The molecule has 1 radical (unpaired) electrons. The minimum Gasteiger partial charge on any atom is -0.453 e. The van der Waals surface area contributed by atoms with Crippen LogP contribution in [-0.4, -0.2) is 17.4 Å². The predicted octanol–water partition coefficient (Wildman–Crippen LogP) is 3.81. The summed E-state index contributed by atoms with van der Waals surface area (Å²) in [5, 5.41) is 0. The number of hydrogen-bond acceptors (Lipinski definition) is 1. The zero-order valence-electron chi connectivity index (χ0n) is 11.2. The Bertz CT molecular complexity index is 436. The summed E-state index contributed by atoms with van der Waals surface area (Å²) in [5.74, 6) is 0. The van der Waals surface area contributed by atoms with Gasteiger partial charge < -0.3 is 4.12 Å². The molecule has 0 spiro atoms. The highest BCUT2D eigenvalue weighted by molar-refractivity contribution is 6.82. The third-order valence-corrected chi connectivity index (χ3v) is 7.75. The van der Waals surface area contributed by atoms with Crippen LogP contribution in [0.2, 0.25) is 26.2 Å². The minimum absolute atomic E-state index is 0.588. The quantitative estimate of drug-likeness (QED) is 0.749. The van der Waals surface area contributed by atoms with E-state index in [0.717, 1.165) is 0 Å². The maximum absolute atomic E-state index is 6.08. The van der Waals surface area contributed by atoms with Gasteiger partial charge >= 0.3 is 0 Å². The van der Waals surface area contributed by atoms with Crippen molar-refractivity contribution in [3.05, 3.63) is 40.6 Å². The van der Waals surface area contributed by atoms with E-state index in [0.29, 0.717) is 0 Å². The summed E-state index contributed by atoms with van der Waals surface area (Å²) in [6.07, 6.45) is 4.77. The van der Waals surface area contributed by atoms with Crippen LogP contribution in [0.15, 0.2) is 23.9 Å². The Morgan fingerprint density at radius 1 is 1.18 bits per heavy atom. The molecule has 1 aromatic rings. The largest absolute Gasteiger partial charge is 0.453 e. The molecule has 0 fully saturated rings. The first-order valence-electron chi connectivity index (χ1n) is 6.26. The van der Waals surface area contributed by atoms with E-state index in [2.05, 4.69) is 56.2 Å². The van der Waals surface area contributed by atoms with E-state index in [4.69, 9.17) is 4.12 Å². The molecule has 0 atom stereocenters. The van der Waals surface area contributed by atoms with Gasteiger partial charge in [0.05, 0.1) is 0 Å². The van der Waals surface area contributed by atoms with Gasteiger partial charge in [-0.1, -0.05) is 30.0 Å². The molecule has 1 aromatic carbocycles. The average molecular weight is 261 g/mol. The summed E-state index contributed by atoms with van der Waals surface area (Å²) in [6, 6.07) is 6.81. The van der Waals surface area contributed by atoms with Gasteiger partial charge in [0.15, 0.2) is 17.4 Å². The lowest BCUT2D eigenvalue weighted by Gasteiger charge is -2.22. The third-order valence-electron chi connectivity index (χ3n) is 3.04. The lowest BCUT2D eigenvalue weighted by atomic mass is 9.87. The van der Waals surface area contributed by atoms with Crippen molar-refractivity contribution in [2.24, 2.45) is 0 Å². The second-order valence-corrected chi connectivity index (χ2v) is 11.6. The molecule has 0 unspecified atom stereocenters. The SMILES string of the molecule is C[Si](C)O[Si](C)(C)/C=C/c1ccc2c(c1)CC2. The standard InChI is InChI=1S/C14H21OSi2/c1-16(2)15-17(3,4)10-9-12-5-6-13-7-8-14(13)11-12/h5-6,9-11H,7-8H2,1-4H3/b10-9+. The zero-order chi connectivity index (χ0) is 12.5. The summed E-state index contributed by atoms with van der Waals surface area (Å²) in [6.45, 7) is 8.95. The first kappa shape index (κ1) is 12.8. The monoisotopic (exact) mass is 261 g/mol. The van der Waals surface area contributed by atoms with Crippen LogP contribution in [0.25, 0.3) is 6.08 Å². The van der Waals surface area contributed by atoms with Crippen LogP contribution in [0.5, 0.6) is 0 Å². The highest BCUT2D eigenvalue weighted by Gasteiger charge is 2.20. The number of fused-ring (bicyclic) bond motifs is 1. The summed E-state index contributed by atoms with van der Waals surface area (Å²) in [5.41, 5.74) is 6.70. The molecule has 0 N–H and O–H groups in total. The van der Waals surface area contributed by atoms with Gasteiger partial charge in [0.1, 0.15) is 0 Å². The Balaban J connectivity index is 2.06. The number of aryl methyl sites for hydroxylation is 2. The molecule has 0 bridgehead atoms. The summed E-state index contributed by atoms with van der Waals surface area (Å²) in [4.78, 5) is 0. The van der Waals surface area contributed by atoms with E-state index in [1.165, 1.54) is 29.5 Å². The van der Waals surface area contributed by atoms with Crippen molar-refractivity contribution in [1.82, 2.24) is 0 Å². The molecule has 1 nitrogen and oxygen atoms in total. The van der Waals surface area contributed by atoms with Crippen LogP contribution >= 0.6 is 0 Å². The van der Waals surface area contributed by atoms with Gasteiger partial charge in [0, 0.05) is 0 Å². The molecule has 0 amide bonds. The Labute approximate surface area is 107 Å². The molecule has 0 aliphatic heterocycles. The lowest BCUT2D eigenvalue weighted by Crippen LogP contribution is -2.33. The van der Waals surface area contributed by atoms with Gasteiger partial charge in [-0.3, -0.25) is 0 Å². The maximum atomic E-state index is 6.08. The van der Waals surface area contributed by atoms with Crippen molar-refractivity contribution < 1.29 is 4.12 Å². The van der Waals surface area contributed by atoms with Gasteiger partial charge in [-0.05, 0) is 55.7 Å². The smallest absolute Gasteiger partial charge is 0.198 e. The highest BCUT2D eigenvalue weighted by atomic mass is 28.4. The van der Waals surface area contributed by atoms with Gasteiger partial charge in [-0.15, -0.1) is 0 Å². The van der Waals surface area contributed by atoms with Crippen LogP contribution in [0.4, 0.5) is 0 Å². The number of benzene rings is 1. The van der Waals surface area contributed by atoms with Gasteiger partial charge in [-0.25, -0.2) is 0 Å². The van der Waals surface area contributed by atoms with E-state index >= 15 is 0 Å². The third kappa shape index (κ3) is 3.41. The molecule has 0 saturated heterocycles. The molecule has 1 aliphatic carbocycles. The Kier molecular flexibility index (Phi) is 3.71. The molecule has 1 aliphatic rings. The van der Waals surface area contributed by atoms with Crippen molar-refractivity contribution >= 4 is 23.4 Å². The van der Waals surface area contributed by atoms with E-state index < -0.39 is 17.4 Å². The van der Waals surface area contributed by atoms with Crippen molar-refractivity contribution in [3.63, 3.8) is 0 Å². The second kappa shape index (κ2) is 4.92. The molecule has 0 aromatic heterocycles. The molecular formula is C14H21OSi2. The van der Waals surface area contributed by atoms with E-state index in [1.807, 2.05) is 0 Å². The molecular weight excluding hydrogens is 240 g/mol. The average Bonchev–Trinajstić information content (AvgIpc) is 2.16. The fourth-order valence-electron chi connectivity index (χ4n) is 2.18. The van der Waals surface area contributed by atoms with Crippen molar-refractivity contribution in [2.75, 3.05) is 0 Å². The van der Waals surface area contributed by atoms with E-state index in [-0.39, 0.29) is 0 Å². The van der Waals surface area contributed by atoms with Gasteiger partial charge in [0.25, 0.3) is 0 Å². The zero-order valence-corrected chi connectivity index (χ0v) is 13.2. The van der Waals surface area contributed by atoms with Crippen molar-refractivity contribution in [2.45, 2.75) is 39.0 Å². The second-order valence-electron chi connectivity index (χ2n) is 5.48. The van der Waals surface area contributed by atoms with Crippen molar-refractivity contribution in [3.8, 4) is 0 Å². The molecule has 0 saturated carbocycles. The van der Waals surface area contributed by atoms with Crippen LogP contribution in [0.1, 0.15) is 16.7 Å². The highest BCUT2D eigenvalue weighted by Crippen LogP contribution is 2.24.